The first-order chi connectivity index (χ1) is 7.58. The fourth-order valence-electron chi connectivity index (χ4n) is 1.78. The lowest BCUT2D eigenvalue weighted by Crippen LogP contribution is -2.31. The Hall–Kier alpha value is -1.13. The molecule has 1 aromatic rings. The lowest BCUT2D eigenvalue weighted by molar-refractivity contribution is 0.0791. The average Bonchev–Trinajstić information content (AvgIpc) is 2.68. The highest BCUT2D eigenvalue weighted by Crippen LogP contribution is 2.18. The summed E-state index contributed by atoms with van der Waals surface area (Å²) in [5.74, 6) is -0.661. The summed E-state index contributed by atoms with van der Waals surface area (Å²) in [5, 5.41) is -0.0330. The number of nitrogens with two attached hydrogens (primary N) is 1. The van der Waals surface area contributed by atoms with Crippen LogP contribution in [0, 0.1) is 5.82 Å². The van der Waals surface area contributed by atoms with Crippen LogP contribution in [-0.2, 0) is 0 Å². The second-order valence-electron chi connectivity index (χ2n) is 3.93. The Kier molecular flexibility index (Phi) is 3.12. The van der Waals surface area contributed by atoms with Crippen LogP contribution in [0.5, 0.6) is 0 Å². The van der Waals surface area contributed by atoms with Crippen LogP contribution in [0.3, 0.4) is 0 Å². The Balaban J connectivity index is 2.18. The van der Waals surface area contributed by atoms with E-state index >= 15 is 0 Å². The molecular weight excluding hydrogens is 231 g/mol. The minimum absolute atomic E-state index is 0.0330. The Labute approximate surface area is 98.0 Å². The van der Waals surface area contributed by atoms with Crippen LogP contribution in [-0.4, -0.2) is 29.9 Å². The van der Waals surface area contributed by atoms with Gasteiger partial charge < -0.3 is 10.6 Å². The third-order valence-corrected chi connectivity index (χ3v) is 2.97. The number of hydrogen-bond donors (Lipinski definition) is 1. The first-order valence-electron chi connectivity index (χ1n) is 5.08. The molecule has 1 saturated heterocycles. The highest BCUT2D eigenvalue weighted by molar-refractivity contribution is 6.31. The smallest absolute Gasteiger partial charge is 0.253 e. The van der Waals surface area contributed by atoms with E-state index < -0.39 is 5.82 Å². The topological polar surface area (TPSA) is 46.3 Å². The summed E-state index contributed by atoms with van der Waals surface area (Å²) in [5.41, 5.74) is 6.12. The lowest BCUT2D eigenvalue weighted by Gasteiger charge is -2.15. The van der Waals surface area contributed by atoms with Gasteiger partial charge in [-0.15, -0.1) is 0 Å². The van der Waals surface area contributed by atoms with Gasteiger partial charge in [0.25, 0.3) is 5.91 Å². The van der Waals surface area contributed by atoms with E-state index in [1.807, 2.05) is 0 Å². The van der Waals surface area contributed by atoms with E-state index in [0.29, 0.717) is 18.7 Å². The van der Waals surface area contributed by atoms with Crippen LogP contribution in [0.25, 0.3) is 0 Å². The van der Waals surface area contributed by atoms with Crippen LogP contribution in [0.2, 0.25) is 5.02 Å². The molecule has 0 saturated carbocycles. The third kappa shape index (κ3) is 2.18. The molecule has 2 rings (SSSR count). The molecule has 1 heterocycles. The molecule has 1 aromatic carbocycles. The third-order valence-electron chi connectivity index (χ3n) is 2.68. The van der Waals surface area contributed by atoms with Gasteiger partial charge in [-0.3, -0.25) is 4.79 Å². The van der Waals surface area contributed by atoms with E-state index in [1.165, 1.54) is 18.2 Å². The maximum absolute atomic E-state index is 12.9. The number of halogens is 2. The first kappa shape index (κ1) is 11.4. The van der Waals surface area contributed by atoms with Crippen molar-refractivity contribution in [2.24, 2.45) is 5.73 Å². The summed E-state index contributed by atoms with van der Waals surface area (Å²) >= 11 is 5.62. The molecule has 0 spiro atoms. The standard InChI is InChI=1S/C11H12ClFN2O/c12-9-5-7(1-2-10(9)13)11(16)15-4-3-8(14)6-15/h1-2,5,8H,3-4,6,14H2/t8-/m1/s1. The zero-order valence-corrected chi connectivity index (χ0v) is 9.38. The van der Waals surface area contributed by atoms with Crippen molar-refractivity contribution in [3.63, 3.8) is 0 Å². The van der Waals surface area contributed by atoms with E-state index in [0.717, 1.165) is 6.42 Å². The fourth-order valence-corrected chi connectivity index (χ4v) is 1.96. The maximum Gasteiger partial charge on any atom is 0.253 e. The number of carbonyl (C=O) groups excluding carboxylic acids is 1. The molecular formula is C11H12ClFN2O. The normalized spacial score (nSPS) is 20.2. The van der Waals surface area contributed by atoms with Crippen molar-refractivity contribution < 1.29 is 9.18 Å². The van der Waals surface area contributed by atoms with Gasteiger partial charge >= 0.3 is 0 Å². The first-order valence-corrected chi connectivity index (χ1v) is 5.45. The van der Waals surface area contributed by atoms with Crippen molar-refractivity contribution in [1.82, 2.24) is 4.90 Å². The molecule has 0 aromatic heterocycles. The SMILES string of the molecule is N[C@@H]1CCN(C(=O)c2ccc(F)c(Cl)c2)C1. The van der Waals surface area contributed by atoms with Crippen LogP contribution in [0.1, 0.15) is 16.8 Å². The molecule has 1 atom stereocenters. The summed E-state index contributed by atoms with van der Waals surface area (Å²) in [6.45, 7) is 1.20. The molecule has 1 aliphatic heterocycles. The molecule has 1 amide bonds. The molecule has 5 heteroatoms. The fraction of sp³-hybridized carbons (Fsp3) is 0.364. The van der Waals surface area contributed by atoms with Crippen molar-refractivity contribution in [1.29, 1.82) is 0 Å². The van der Waals surface area contributed by atoms with E-state index in [-0.39, 0.29) is 17.0 Å². The van der Waals surface area contributed by atoms with Crippen LogP contribution in [0.15, 0.2) is 18.2 Å². The molecule has 16 heavy (non-hydrogen) atoms. The average molecular weight is 243 g/mol. The number of hydrogen-bond acceptors (Lipinski definition) is 2. The van der Waals surface area contributed by atoms with E-state index in [1.54, 1.807) is 4.90 Å². The predicted molar refractivity (Wildman–Crippen MR) is 59.9 cm³/mol. The Morgan fingerprint density at radius 3 is 2.88 bits per heavy atom. The van der Waals surface area contributed by atoms with E-state index in [2.05, 4.69) is 0 Å². The minimum Gasteiger partial charge on any atom is -0.337 e. The molecule has 0 radical (unpaired) electrons. The molecule has 0 aliphatic carbocycles. The van der Waals surface area contributed by atoms with Gasteiger partial charge in [-0.1, -0.05) is 11.6 Å². The molecule has 86 valence electrons. The molecule has 0 unspecified atom stereocenters. The summed E-state index contributed by atoms with van der Waals surface area (Å²) in [4.78, 5) is 13.6. The van der Waals surface area contributed by atoms with Gasteiger partial charge in [0.05, 0.1) is 5.02 Å². The number of nitrogens with zero attached hydrogens (tertiary/aromatic N) is 1. The van der Waals surface area contributed by atoms with Gasteiger partial charge in [0.15, 0.2) is 0 Å². The molecule has 2 N–H and O–H groups in total. The Morgan fingerprint density at radius 1 is 1.56 bits per heavy atom. The van der Waals surface area contributed by atoms with E-state index in [9.17, 15) is 9.18 Å². The van der Waals surface area contributed by atoms with Crippen molar-refractivity contribution in [3.8, 4) is 0 Å². The van der Waals surface area contributed by atoms with Crippen LogP contribution < -0.4 is 5.73 Å². The lowest BCUT2D eigenvalue weighted by atomic mass is 10.2. The van der Waals surface area contributed by atoms with Crippen LogP contribution >= 0.6 is 11.6 Å². The number of likely N-dealkylation sites (tertiary alicyclic amines) is 1. The summed E-state index contributed by atoms with van der Waals surface area (Å²) in [6, 6.07) is 4.03. The maximum atomic E-state index is 12.9. The van der Waals surface area contributed by atoms with Gasteiger partial charge in [0.1, 0.15) is 5.82 Å². The quantitative estimate of drug-likeness (QED) is 0.814. The zero-order chi connectivity index (χ0) is 11.7. The summed E-state index contributed by atoms with van der Waals surface area (Å²) < 4.78 is 12.9. The molecule has 3 nitrogen and oxygen atoms in total. The van der Waals surface area contributed by atoms with Gasteiger partial charge in [-0.2, -0.15) is 0 Å². The zero-order valence-electron chi connectivity index (χ0n) is 8.62. The van der Waals surface area contributed by atoms with Crippen molar-refractivity contribution in [3.05, 3.63) is 34.6 Å². The van der Waals surface area contributed by atoms with E-state index in [4.69, 9.17) is 17.3 Å². The number of carbonyl (C=O) groups is 1. The molecule has 1 aliphatic rings. The predicted octanol–water partition coefficient (Wildman–Crippen LogP) is 1.65. The minimum atomic E-state index is -0.517. The van der Waals surface area contributed by atoms with Crippen molar-refractivity contribution in [2.45, 2.75) is 12.5 Å². The summed E-state index contributed by atoms with van der Waals surface area (Å²) in [6.07, 6.45) is 0.806. The Bertz CT molecular complexity index is 424. The number of benzene rings is 1. The monoisotopic (exact) mass is 242 g/mol. The van der Waals surface area contributed by atoms with Crippen molar-refractivity contribution >= 4 is 17.5 Å². The second kappa shape index (κ2) is 4.39. The van der Waals surface area contributed by atoms with Crippen molar-refractivity contribution in [2.75, 3.05) is 13.1 Å². The van der Waals surface area contributed by atoms with Gasteiger partial charge in [0.2, 0.25) is 0 Å². The molecule has 1 fully saturated rings. The highest BCUT2D eigenvalue weighted by Gasteiger charge is 2.24. The van der Waals surface area contributed by atoms with Gasteiger partial charge in [0, 0.05) is 24.7 Å². The summed E-state index contributed by atoms with van der Waals surface area (Å²) in [7, 11) is 0. The number of rotatable bonds is 1. The number of amides is 1. The Morgan fingerprint density at radius 2 is 2.31 bits per heavy atom. The van der Waals surface area contributed by atoms with Crippen LogP contribution in [0.4, 0.5) is 4.39 Å². The van der Waals surface area contributed by atoms with Gasteiger partial charge in [-0.05, 0) is 24.6 Å². The molecule has 0 bridgehead atoms. The highest BCUT2D eigenvalue weighted by atomic mass is 35.5. The van der Waals surface area contributed by atoms with Gasteiger partial charge in [-0.25, -0.2) is 4.39 Å². The largest absolute Gasteiger partial charge is 0.337 e. The second-order valence-corrected chi connectivity index (χ2v) is 4.34.